The van der Waals surface area contributed by atoms with E-state index in [2.05, 4.69) is 40.7 Å². The molecule has 1 aliphatic carbocycles. The van der Waals surface area contributed by atoms with Gasteiger partial charge in [-0.2, -0.15) is 5.10 Å². The number of hydrogen-bond acceptors (Lipinski definition) is 3. The van der Waals surface area contributed by atoms with Gasteiger partial charge in [0.15, 0.2) is 0 Å². The molecule has 6 heteroatoms. The number of benzene rings is 1. The van der Waals surface area contributed by atoms with Gasteiger partial charge in [0.05, 0.1) is 12.7 Å². The Kier molecular flexibility index (Phi) is 5.99. The molecule has 1 saturated carbocycles. The number of alkyl halides is 1. The zero-order chi connectivity index (χ0) is 22.0. The summed E-state index contributed by atoms with van der Waals surface area (Å²) in [6, 6.07) is 12.8. The van der Waals surface area contributed by atoms with Crippen LogP contribution in [0.3, 0.4) is 0 Å². The number of anilines is 1. The maximum Gasteiger partial charge on any atom is 0.274 e. The zero-order valence-electron chi connectivity index (χ0n) is 18.5. The Morgan fingerprint density at radius 1 is 1.10 bits per heavy atom. The Bertz CT molecular complexity index is 1070. The van der Waals surface area contributed by atoms with E-state index < -0.39 is 5.67 Å². The molecule has 0 amide bonds. The summed E-state index contributed by atoms with van der Waals surface area (Å²) in [5, 5.41) is 7.72. The number of nitrogens with zero attached hydrogens (tertiary/aromatic N) is 3. The topological polar surface area (TPSA) is 51.9 Å². The molecule has 164 valence electrons. The fraction of sp³-hybridized carbons (Fsp3) is 0.440. The van der Waals surface area contributed by atoms with Crippen molar-refractivity contribution in [1.82, 2.24) is 14.3 Å². The van der Waals surface area contributed by atoms with Gasteiger partial charge in [-0.25, -0.2) is 4.39 Å². The third kappa shape index (κ3) is 5.24. The minimum absolute atomic E-state index is 0.00929. The molecule has 5 nitrogen and oxygen atoms in total. The lowest BCUT2D eigenvalue weighted by atomic mass is 9.82. The smallest absolute Gasteiger partial charge is 0.274 e. The number of hydrogen-bond donors (Lipinski definition) is 1. The largest absolute Gasteiger partial charge is 0.378 e. The second kappa shape index (κ2) is 8.69. The van der Waals surface area contributed by atoms with Gasteiger partial charge in [-0.1, -0.05) is 30.3 Å². The van der Waals surface area contributed by atoms with Crippen LogP contribution in [0.2, 0.25) is 0 Å². The number of halogens is 1. The Morgan fingerprint density at radius 3 is 2.42 bits per heavy atom. The molecule has 0 saturated heterocycles. The molecular formula is C25H31FN4O. The molecule has 3 aromatic rings. The summed E-state index contributed by atoms with van der Waals surface area (Å²) in [6.07, 6.45) is 9.60. The van der Waals surface area contributed by atoms with Crippen LogP contribution in [0.15, 0.2) is 59.8 Å². The van der Waals surface area contributed by atoms with Crippen molar-refractivity contribution in [3.05, 3.63) is 70.9 Å². The first-order valence-corrected chi connectivity index (χ1v) is 11.0. The Balaban J connectivity index is 1.56. The minimum Gasteiger partial charge on any atom is -0.378 e. The van der Waals surface area contributed by atoms with Crippen molar-refractivity contribution < 1.29 is 4.39 Å². The van der Waals surface area contributed by atoms with Crippen molar-refractivity contribution >= 4 is 5.69 Å². The van der Waals surface area contributed by atoms with E-state index in [1.54, 1.807) is 17.1 Å². The minimum atomic E-state index is -1.48. The zero-order valence-corrected chi connectivity index (χ0v) is 18.5. The number of rotatable bonds is 6. The van der Waals surface area contributed by atoms with Crippen LogP contribution in [-0.4, -0.2) is 26.1 Å². The molecule has 0 atom stereocenters. The number of aryl methyl sites for hydroxylation is 1. The highest BCUT2D eigenvalue weighted by Crippen LogP contribution is 2.34. The highest BCUT2D eigenvalue weighted by molar-refractivity contribution is 5.65. The van der Waals surface area contributed by atoms with E-state index in [0.29, 0.717) is 11.6 Å². The van der Waals surface area contributed by atoms with Crippen LogP contribution in [0, 0.1) is 0 Å². The van der Waals surface area contributed by atoms with Crippen LogP contribution in [0.1, 0.15) is 51.0 Å². The maximum atomic E-state index is 14.4. The van der Waals surface area contributed by atoms with Gasteiger partial charge < -0.3 is 9.88 Å². The van der Waals surface area contributed by atoms with Gasteiger partial charge in [-0.05, 0) is 57.1 Å². The van der Waals surface area contributed by atoms with Gasteiger partial charge in [0, 0.05) is 36.6 Å². The first-order chi connectivity index (χ1) is 14.8. The van der Waals surface area contributed by atoms with Gasteiger partial charge in [0.2, 0.25) is 0 Å². The highest BCUT2D eigenvalue weighted by Gasteiger charge is 2.24. The molecule has 2 aromatic heterocycles. The summed E-state index contributed by atoms with van der Waals surface area (Å²) >= 11 is 0. The molecule has 0 aliphatic heterocycles. The van der Waals surface area contributed by atoms with Crippen LogP contribution >= 0.6 is 0 Å². The molecule has 0 unspecified atom stereocenters. The lowest BCUT2D eigenvalue weighted by Gasteiger charge is -2.30. The van der Waals surface area contributed by atoms with Crippen molar-refractivity contribution in [3.63, 3.8) is 0 Å². The van der Waals surface area contributed by atoms with E-state index in [9.17, 15) is 9.18 Å². The van der Waals surface area contributed by atoms with Crippen LogP contribution in [-0.2, 0) is 13.6 Å². The molecule has 2 heterocycles. The quantitative estimate of drug-likeness (QED) is 0.599. The SMILES string of the molecule is Cn1cc(-c2cc(N[C@H]3CC[C@@H](c4ccccc4)CC3)c(=O)n(CC(C)(C)F)c2)cn1. The average Bonchev–Trinajstić information content (AvgIpc) is 3.17. The summed E-state index contributed by atoms with van der Waals surface area (Å²) in [5.41, 5.74) is 2.04. The Hall–Kier alpha value is -2.89. The second-order valence-corrected chi connectivity index (χ2v) is 9.30. The molecule has 0 radical (unpaired) electrons. The summed E-state index contributed by atoms with van der Waals surface area (Å²) < 4.78 is 17.6. The normalized spacial score (nSPS) is 19.4. The third-order valence-electron chi connectivity index (χ3n) is 6.03. The van der Waals surface area contributed by atoms with Gasteiger partial charge >= 0.3 is 0 Å². The maximum absolute atomic E-state index is 14.4. The number of nitrogens with one attached hydrogen (secondary N) is 1. The summed E-state index contributed by atoms with van der Waals surface area (Å²) in [4.78, 5) is 13.1. The average molecular weight is 423 g/mol. The van der Waals surface area contributed by atoms with Gasteiger partial charge in [0.1, 0.15) is 11.4 Å². The van der Waals surface area contributed by atoms with Gasteiger partial charge in [-0.15, -0.1) is 0 Å². The monoisotopic (exact) mass is 422 g/mol. The lowest BCUT2D eigenvalue weighted by molar-refractivity contribution is 0.184. The first kappa shape index (κ1) is 21.3. The molecule has 1 N–H and O–H groups in total. The van der Waals surface area contributed by atoms with Crippen molar-refractivity contribution in [3.8, 4) is 11.1 Å². The molecule has 31 heavy (non-hydrogen) atoms. The predicted octanol–water partition coefficient (Wildman–Crippen LogP) is 5.14. The molecule has 4 rings (SSSR count). The van der Waals surface area contributed by atoms with E-state index in [1.165, 1.54) is 24.0 Å². The molecule has 0 bridgehead atoms. The van der Waals surface area contributed by atoms with Crippen molar-refractivity contribution in [2.75, 3.05) is 5.32 Å². The molecule has 0 spiro atoms. The van der Waals surface area contributed by atoms with E-state index in [-0.39, 0.29) is 18.1 Å². The molecular weight excluding hydrogens is 391 g/mol. The van der Waals surface area contributed by atoms with Gasteiger partial charge in [-0.3, -0.25) is 9.48 Å². The van der Waals surface area contributed by atoms with E-state index in [1.807, 2.05) is 19.3 Å². The molecule has 1 aliphatic rings. The standard InChI is InChI=1S/C25H31FN4O/c1-25(2,26)17-30-16-20(21-14-27-29(3)15-21)13-23(24(30)31)28-22-11-9-19(10-12-22)18-7-5-4-6-8-18/h4-8,13-16,19,22,28H,9-12,17H2,1-3H3/t19-,22+. The fourth-order valence-electron chi connectivity index (χ4n) is 4.51. The fourth-order valence-corrected chi connectivity index (χ4v) is 4.51. The Labute approximate surface area is 182 Å². The first-order valence-electron chi connectivity index (χ1n) is 11.0. The summed E-state index contributed by atoms with van der Waals surface area (Å²) in [5.74, 6) is 0.574. The van der Waals surface area contributed by atoms with Crippen LogP contribution in [0.5, 0.6) is 0 Å². The van der Waals surface area contributed by atoms with E-state index >= 15 is 0 Å². The van der Waals surface area contributed by atoms with E-state index in [0.717, 1.165) is 36.8 Å². The van der Waals surface area contributed by atoms with Crippen LogP contribution < -0.4 is 10.9 Å². The highest BCUT2D eigenvalue weighted by atomic mass is 19.1. The second-order valence-electron chi connectivity index (χ2n) is 9.30. The van der Waals surface area contributed by atoms with Crippen molar-refractivity contribution in [2.24, 2.45) is 7.05 Å². The predicted molar refractivity (Wildman–Crippen MR) is 123 cm³/mol. The third-order valence-corrected chi connectivity index (χ3v) is 6.03. The molecule has 1 aromatic carbocycles. The van der Waals surface area contributed by atoms with Crippen LogP contribution in [0.4, 0.5) is 10.1 Å². The lowest BCUT2D eigenvalue weighted by Crippen LogP contribution is -2.34. The van der Waals surface area contributed by atoms with Crippen molar-refractivity contribution in [2.45, 2.75) is 63.7 Å². The number of pyridine rings is 1. The van der Waals surface area contributed by atoms with E-state index in [4.69, 9.17) is 0 Å². The van der Waals surface area contributed by atoms with Gasteiger partial charge in [0.25, 0.3) is 5.56 Å². The summed E-state index contributed by atoms with van der Waals surface area (Å²) in [6.45, 7) is 3.00. The Morgan fingerprint density at radius 2 is 1.81 bits per heavy atom. The van der Waals surface area contributed by atoms with Crippen LogP contribution in [0.25, 0.3) is 11.1 Å². The van der Waals surface area contributed by atoms with Crippen molar-refractivity contribution in [1.29, 1.82) is 0 Å². The number of aromatic nitrogens is 3. The summed E-state index contributed by atoms with van der Waals surface area (Å²) in [7, 11) is 1.86. The molecule has 1 fully saturated rings.